The molecule has 0 spiro atoms. The SMILES string of the molecule is CC(O)Oc1ccccc1.[Cl-].[Na+]. The van der Waals surface area contributed by atoms with Crippen molar-refractivity contribution in [3.05, 3.63) is 30.3 Å². The molecule has 2 nitrogen and oxygen atoms in total. The van der Waals surface area contributed by atoms with Crippen LogP contribution in [0.4, 0.5) is 0 Å². The summed E-state index contributed by atoms with van der Waals surface area (Å²) >= 11 is 0. The van der Waals surface area contributed by atoms with Gasteiger partial charge in [0.1, 0.15) is 5.75 Å². The van der Waals surface area contributed by atoms with Gasteiger partial charge in [0.15, 0.2) is 6.29 Å². The minimum Gasteiger partial charge on any atom is -1.00 e. The van der Waals surface area contributed by atoms with Gasteiger partial charge in [-0.15, -0.1) is 0 Å². The first kappa shape index (κ1) is 14.8. The van der Waals surface area contributed by atoms with E-state index in [1.807, 2.05) is 18.2 Å². The molecule has 1 unspecified atom stereocenters. The molecule has 0 radical (unpaired) electrons. The van der Waals surface area contributed by atoms with E-state index in [0.29, 0.717) is 5.75 Å². The van der Waals surface area contributed by atoms with Gasteiger partial charge in [0.25, 0.3) is 0 Å². The Morgan fingerprint density at radius 2 is 1.75 bits per heavy atom. The summed E-state index contributed by atoms with van der Waals surface area (Å²) in [7, 11) is 0. The molecule has 0 aliphatic heterocycles. The molecule has 1 N–H and O–H groups in total. The quantitative estimate of drug-likeness (QED) is 0.381. The van der Waals surface area contributed by atoms with Gasteiger partial charge in [-0.25, -0.2) is 0 Å². The average Bonchev–Trinajstić information content (AvgIpc) is 1.88. The Bertz CT molecular complexity index is 192. The number of aliphatic hydroxyl groups is 1. The van der Waals surface area contributed by atoms with Crippen molar-refractivity contribution in [3.63, 3.8) is 0 Å². The minimum atomic E-state index is -0.734. The standard InChI is InChI=1S/C8H10O2.ClH.Na/c1-7(9)10-8-5-3-2-4-6-8;;/h2-7,9H,1H3;1H;/q;;+1/p-1. The zero-order valence-electron chi connectivity index (χ0n) is 7.20. The maximum absolute atomic E-state index is 8.78. The zero-order chi connectivity index (χ0) is 7.40. The molecule has 0 saturated heterocycles. The van der Waals surface area contributed by atoms with E-state index in [2.05, 4.69) is 0 Å². The number of hydrogen-bond donors (Lipinski definition) is 1. The van der Waals surface area contributed by atoms with Crippen molar-refractivity contribution in [2.75, 3.05) is 0 Å². The molecule has 0 amide bonds. The van der Waals surface area contributed by atoms with Crippen molar-refractivity contribution >= 4 is 0 Å². The molecule has 12 heavy (non-hydrogen) atoms. The normalized spacial score (nSPS) is 10.5. The summed E-state index contributed by atoms with van der Waals surface area (Å²) in [6.45, 7) is 1.58. The summed E-state index contributed by atoms with van der Waals surface area (Å²) in [5.74, 6) is 0.692. The summed E-state index contributed by atoms with van der Waals surface area (Å²) in [6, 6.07) is 9.21. The van der Waals surface area contributed by atoms with Crippen LogP contribution in [0.25, 0.3) is 0 Å². The van der Waals surface area contributed by atoms with Crippen LogP contribution in [-0.4, -0.2) is 11.4 Å². The Balaban J connectivity index is 0. The summed E-state index contributed by atoms with van der Waals surface area (Å²) in [4.78, 5) is 0. The molecule has 0 aliphatic rings. The first-order valence-electron chi connectivity index (χ1n) is 3.19. The topological polar surface area (TPSA) is 29.5 Å². The Labute approximate surface area is 101 Å². The largest absolute Gasteiger partial charge is 1.00 e. The van der Waals surface area contributed by atoms with Gasteiger partial charge in [0, 0.05) is 0 Å². The van der Waals surface area contributed by atoms with Gasteiger partial charge < -0.3 is 22.3 Å². The van der Waals surface area contributed by atoms with Gasteiger partial charge >= 0.3 is 29.6 Å². The van der Waals surface area contributed by atoms with Gasteiger partial charge in [-0.1, -0.05) is 18.2 Å². The van der Waals surface area contributed by atoms with Crippen LogP contribution in [-0.2, 0) is 0 Å². The summed E-state index contributed by atoms with van der Waals surface area (Å²) in [6.07, 6.45) is -0.734. The second-order valence-corrected chi connectivity index (χ2v) is 2.03. The monoisotopic (exact) mass is 196 g/mol. The van der Waals surface area contributed by atoms with E-state index >= 15 is 0 Å². The second-order valence-electron chi connectivity index (χ2n) is 2.03. The van der Waals surface area contributed by atoms with Crippen molar-refractivity contribution in [1.82, 2.24) is 0 Å². The first-order chi connectivity index (χ1) is 4.79. The third kappa shape index (κ3) is 5.86. The molecule has 0 aromatic heterocycles. The number of para-hydroxylation sites is 1. The Morgan fingerprint density at radius 1 is 1.25 bits per heavy atom. The Hall–Kier alpha value is 0.270. The van der Waals surface area contributed by atoms with E-state index < -0.39 is 6.29 Å². The van der Waals surface area contributed by atoms with Crippen LogP contribution in [0.15, 0.2) is 30.3 Å². The van der Waals surface area contributed by atoms with Crippen molar-refractivity contribution in [2.45, 2.75) is 13.2 Å². The number of halogens is 1. The van der Waals surface area contributed by atoms with Crippen LogP contribution in [0.1, 0.15) is 6.92 Å². The molecule has 0 fully saturated rings. The summed E-state index contributed by atoms with van der Waals surface area (Å²) < 4.78 is 4.97. The van der Waals surface area contributed by atoms with Crippen LogP contribution >= 0.6 is 0 Å². The maximum atomic E-state index is 8.78. The average molecular weight is 197 g/mol. The van der Waals surface area contributed by atoms with E-state index in [1.54, 1.807) is 19.1 Å². The molecule has 0 bridgehead atoms. The molecule has 1 aromatic rings. The molecule has 0 heterocycles. The smallest absolute Gasteiger partial charge is 1.00 e. The van der Waals surface area contributed by atoms with E-state index in [4.69, 9.17) is 9.84 Å². The molecule has 0 saturated carbocycles. The van der Waals surface area contributed by atoms with Gasteiger partial charge in [0.2, 0.25) is 0 Å². The molecule has 1 aromatic carbocycles. The van der Waals surface area contributed by atoms with E-state index in [0.717, 1.165) is 0 Å². The van der Waals surface area contributed by atoms with Crippen molar-refractivity contribution in [1.29, 1.82) is 0 Å². The molecule has 4 heteroatoms. The van der Waals surface area contributed by atoms with Gasteiger partial charge in [0.05, 0.1) is 0 Å². The van der Waals surface area contributed by atoms with Gasteiger partial charge in [-0.05, 0) is 19.1 Å². The van der Waals surface area contributed by atoms with Crippen LogP contribution in [0.5, 0.6) is 5.75 Å². The van der Waals surface area contributed by atoms with Crippen molar-refractivity contribution in [3.8, 4) is 5.75 Å². The Morgan fingerprint density at radius 3 is 2.17 bits per heavy atom. The maximum Gasteiger partial charge on any atom is 1.00 e. The predicted octanol–water partition coefficient (Wildman–Crippen LogP) is -4.59. The van der Waals surface area contributed by atoms with Crippen LogP contribution in [0, 0.1) is 0 Å². The summed E-state index contributed by atoms with van der Waals surface area (Å²) in [5.41, 5.74) is 0. The molecule has 62 valence electrons. The number of benzene rings is 1. The van der Waals surface area contributed by atoms with Gasteiger partial charge in [-0.2, -0.15) is 0 Å². The van der Waals surface area contributed by atoms with E-state index in [-0.39, 0.29) is 42.0 Å². The van der Waals surface area contributed by atoms with Crippen molar-refractivity contribution < 1.29 is 51.8 Å². The summed E-state index contributed by atoms with van der Waals surface area (Å²) in [5, 5.41) is 8.78. The fraction of sp³-hybridized carbons (Fsp3) is 0.250. The molecule has 0 aliphatic carbocycles. The first-order valence-corrected chi connectivity index (χ1v) is 3.19. The van der Waals surface area contributed by atoms with E-state index in [1.165, 1.54) is 0 Å². The van der Waals surface area contributed by atoms with Crippen LogP contribution in [0.2, 0.25) is 0 Å². The molecular weight excluding hydrogens is 187 g/mol. The third-order valence-corrected chi connectivity index (χ3v) is 1.05. The number of aliphatic hydroxyl groups excluding tert-OH is 1. The fourth-order valence-electron chi connectivity index (χ4n) is 0.696. The minimum absolute atomic E-state index is 0. The molecule has 1 atom stereocenters. The van der Waals surface area contributed by atoms with Crippen LogP contribution < -0.4 is 46.7 Å². The number of ether oxygens (including phenoxy) is 1. The predicted molar refractivity (Wildman–Crippen MR) is 38.8 cm³/mol. The molecule has 1 rings (SSSR count). The molecular formula is C8H10ClNaO2. The fourth-order valence-corrected chi connectivity index (χ4v) is 0.696. The van der Waals surface area contributed by atoms with E-state index in [9.17, 15) is 0 Å². The second kappa shape index (κ2) is 7.90. The number of rotatable bonds is 2. The van der Waals surface area contributed by atoms with Gasteiger partial charge in [-0.3, -0.25) is 0 Å². The zero-order valence-corrected chi connectivity index (χ0v) is 9.95. The Kier molecular flexibility index (Phi) is 9.72. The number of hydrogen-bond acceptors (Lipinski definition) is 2. The van der Waals surface area contributed by atoms with Crippen molar-refractivity contribution in [2.24, 2.45) is 0 Å². The third-order valence-electron chi connectivity index (χ3n) is 1.05. The van der Waals surface area contributed by atoms with Crippen LogP contribution in [0.3, 0.4) is 0 Å².